The molecule has 0 bridgehead atoms. The number of nitrogens with one attached hydrogen (secondary N) is 1. The van der Waals surface area contributed by atoms with Crippen LogP contribution in [0.4, 0.5) is 0 Å². The van der Waals surface area contributed by atoms with Gasteiger partial charge in [-0.15, -0.1) is 0 Å². The Balaban J connectivity index is 2.23. The number of aromatic amines is 1. The van der Waals surface area contributed by atoms with Crippen molar-refractivity contribution in [3.05, 3.63) is 30.6 Å². The van der Waals surface area contributed by atoms with Crippen molar-refractivity contribution in [3.63, 3.8) is 0 Å². The van der Waals surface area contributed by atoms with Gasteiger partial charge in [-0.3, -0.25) is 9.97 Å². The van der Waals surface area contributed by atoms with Crippen LogP contribution in [-0.2, 0) is 10.0 Å². The second kappa shape index (κ2) is 4.07. The minimum atomic E-state index is -3.91. The van der Waals surface area contributed by atoms with E-state index in [4.69, 9.17) is 5.14 Å². The van der Waals surface area contributed by atoms with Crippen LogP contribution >= 0.6 is 0 Å². The standard InChI is InChI=1S/C10H8N6O2S/c11-19(17,18)10-14-9(15-16-10)6-2-1-3-7-8(6)13-5-4-12-7/h1-5H,(H2,11,17,18)(H,14,15,16). The largest absolute Gasteiger partial charge is 0.273 e. The highest BCUT2D eigenvalue weighted by atomic mass is 32.2. The summed E-state index contributed by atoms with van der Waals surface area (Å²) < 4.78 is 22.3. The van der Waals surface area contributed by atoms with Crippen molar-refractivity contribution in [3.8, 4) is 11.4 Å². The molecule has 19 heavy (non-hydrogen) atoms. The van der Waals surface area contributed by atoms with Crippen molar-refractivity contribution in [2.24, 2.45) is 5.14 Å². The third kappa shape index (κ3) is 2.04. The molecule has 3 aromatic rings. The maximum Gasteiger partial charge on any atom is 0.273 e. The van der Waals surface area contributed by atoms with E-state index in [9.17, 15) is 8.42 Å². The number of nitrogens with zero attached hydrogens (tertiary/aromatic N) is 4. The molecule has 3 rings (SSSR count). The Morgan fingerprint density at radius 2 is 1.95 bits per heavy atom. The molecule has 0 aliphatic heterocycles. The number of aromatic nitrogens is 5. The minimum Gasteiger partial charge on any atom is -0.253 e. The first-order valence-corrected chi connectivity index (χ1v) is 6.75. The van der Waals surface area contributed by atoms with Gasteiger partial charge in [0.25, 0.3) is 15.2 Å². The van der Waals surface area contributed by atoms with Crippen LogP contribution in [0.15, 0.2) is 35.7 Å². The molecule has 0 aliphatic rings. The van der Waals surface area contributed by atoms with Crippen molar-refractivity contribution in [2.45, 2.75) is 5.16 Å². The Hall–Kier alpha value is -2.39. The van der Waals surface area contributed by atoms with Crippen LogP contribution in [-0.4, -0.2) is 33.6 Å². The molecule has 3 N–H and O–H groups in total. The summed E-state index contributed by atoms with van der Waals surface area (Å²) in [6, 6.07) is 5.28. The van der Waals surface area contributed by atoms with Crippen LogP contribution in [0.5, 0.6) is 0 Å². The highest BCUT2D eigenvalue weighted by molar-refractivity contribution is 7.89. The van der Waals surface area contributed by atoms with Gasteiger partial charge in [-0.25, -0.2) is 18.7 Å². The third-order valence-corrected chi connectivity index (χ3v) is 3.20. The number of sulfonamides is 1. The summed E-state index contributed by atoms with van der Waals surface area (Å²) in [5.74, 6) is 0.204. The molecule has 1 aromatic carbocycles. The summed E-state index contributed by atoms with van der Waals surface area (Å²) in [6.07, 6.45) is 3.11. The first kappa shape index (κ1) is 11.7. The number of H-pyrrole nitrogens is 1. The zero-order valence-corrected chi connectivity index (χ0v) is 10.3. The van der Waals surface area contributed by atoms with E-state index in [0.717, 1.165) is 0 Å². The molecule has 0 spiro atoms. The molecular weight excluding hydrogens is 268 g/mol. The minimum absolute atomic E-state index is 0.204. The maximum absolute atomic E-state index is 11.2. The molecule has 2 aromatic heterocycles. The SMILES string of the molecule is NS(=O)(=O)c1nc(-c2cccc3nccnc23)n[nH]1. The lowest BCUT2D eigenvalue weighted by molar-refractivity contribution is 0.589. The average molecular weight is 276 g/mol. The predicted octanol–water partition coefficient (Wildman–Crippen LogP) is 0.0623. The number of hydrogen-bond acceptors (Lipinski definition) is 6. The average Bonchev–Trinajstić information content (AvgIpc) is 2.87. The summed E-state index contributed by atoms with van der Waals surface area (Å²) in [7, 11) is -3.91. The topological polar surface area (TPSA) is 128 Å². The third-order valence-electron chi connectivity index (χ3n) is 2.47. The van der Waals surface area contributed by atoms with Crippen LogP contribution < -0.4 is 5.14 Å². The van der Waals surface area contributed by atoms with Gasteiger partial charge in [-0.1, -0.05) is 6.07 Å². The van der Waals surface area contributed by atoms with Gasteiger partial charge in [0.05, 0.1) is 11.0 Å². The van der Waals surface area contributed by atoms with Crippen LogP contribution in [0.25, 0.3) is 22.4 Å². The molecule has 0 saturated heterocycles. The molecular formula is C10H8N6O2S. The summed E-state index contributed by atoms with van der Waals surface area (Å²) >= 11 is 0. The van der Waals surface area contributed by atoms with E-state index in [1.807, 2.05) is 0 Å². The normalized spacial score (nSPS) is 11.8. The Bertz CT molecular complexity index is 852. The lowest BCUT2D eigenvalue weighted by atomic mass is 10.1. The second-order valence-electron chi connectivity index (χ2n) is 3.74. The van der Waals surface area contributed by atoms with Gasteiger partial charge in [0.15, 0.2) is 5.82 Å². The number of nitrogens with two attached hydrogens (primary N) is 1. The molecule has 0 amide bonds. The summed E-state index contributed by atoms with van der Waals surface area (Å²) in [5.41, 5.74) is 1.84. The van der Waals surface area contributed by atoms with E-state index in [2.05, 4.69) is 25.1 Å². The Morgan fingerprint density at radius 3 is 2.68 bits per heavy atom. The van der Waals surface area contributed by atoms with Crippen molar-refractivity contribution in [2.75, 3.05) is 0 Å². The molecule has 0 aliphatic carbocycles. The van der Waals surface area contributed by atoms with Crippen LogP contribution in [0.3, 0.4) is 0 Å². The van der Waals surface area contributed by atoms with Gasteiger partial charge in [0.1, 0.15) is 0 Å². The van der Waals surface area contributed by atoms with Crippen LogP contribution in [0.1, 0.15) is 0 Å². The molecule has 8 nitrogen and oxygen atoms in total. The zero-order valence-electron chi connectivity index (χ0n) is 9.48. The monoisotopic (exact) mass is 276 g/mol. The van der Waals surface area contributed by atoms with Gasteiger partial charge in [0.2, 0.25) is 0 Å². The van der Waals surface area contributed by atoms with E-state index in [1.165, 1.54) is 0 Å². The van der Waals surface area contributed by atoms with Gasteiger partial charge in [-0.2, -0.15) is 10.1 Å². The number of rotatable bonds is 2. The van der Waals surface area contributed by atoms with Crippen LogP contribution in [0, 0.1) is 0 Å². The number of fused-ring (bicyclic) bond motifs is 1. The molecule has 0 fully saturated rings. The molecule has 2 heterocycles. The summed E-state index contributed by atoms with van der Waals surface area (Å²) in [4.78, 5) is 12.2. The quantitative estimate of drug-likeness (QED) is 0.681. The Labute approximate surface area is 107 Å². The maximum atomic E-state index is 11.2. The Morgan fingerprint density at radius 1 is 1.16 bits per heavy atom. The van der Waals surface area contributed by atoms with Crippen molar-refractivity contribution < 1.29 is 8.42 Å². The van der Waals surface area contributed by atoms with Crippen LogP contribution in [0.2, 0.25) is 0 Å². The van der Waals surface area contributed by atoms with Gasteiger partial charge in [0, 0.05) is 18.0 Å². The van der Waals surface area contributed by atoms with Gasteiger partial charge in [-0.05, 0) is 12.1 Å². The molecule has 96 valence electrons. The van der Waals surface area contributed by atoms with Crippen molar-refractivity contribution in [1.29, 1.82) is 0 Å². The predicted molar refractivity (Wildman–Crippen MR) is 66.3 cm³/mol. The Kier molecular flexibility index (Phi) is 2.50. The van der Waals surface area contributed by atoms with Gasteiger partial charge < -0.3 is 0 Å². The molecule has 9 heteroatoms. The smallest absolute Gasteiger partial charge is 0.253 e. The van der Waals surface area contributed by atoms with E-state index in [-0.39, 0.29) is 11.0 Å². The molecule has 0 radical (unpaired) electrons. The highest BCUT2D eigenvalue weighted by Crippen LogP contribution is 2.23. The lowest BCUT2D eigenvalue weighted by Crippen LogP contribution is -2.13. The fourth-order valence-corrected chi connectivity index (χ4v) is 2.05. The van der Waals surface area contributed by atoms with E-state index < -0.39 is 10.0 Å². The second-order valence-corrected chi connectivity index (χ2v) is 5.22. The molecule has 0 unspecified atom stereocenters. The molecule has 0 atom stereocenters. The first-order chi connectivity index (χ1) is 9.05. The summed E-state index contributed by atoms with van der Waals surface area (Å²) in [6.45, 7) is 0. The van der Waals surface area contributed by atoms with E-state index in [0.29, 0.717) is 16.6 Å². The summed E-state index contributed by atoms with van der Waals surface area (Å²) in [5, 5.41) is 10.7. The van der Waals surface area contributed by atoms with Crippen molar-refractivity contribution in [1.82, 2.24) is 25.1 Å². The van der Waals surface area contributed by atoms with E-state index in [1.54, 1.807) is 30.6 Å². The number of primary sulfonamides is 1. The first-order valence-electron chi connectivity index (χ1n) is 5.21. The molecule has 0 saturated carbocycles. The number of para-hydroxylation sites is 1. The fourth-order valence-electron chi connectivity index (χ4n) is 1.67. The lowest BCUT2D eigenvalue weighted by Gasteiger charge is -2.00. The fraction of sp³-hybridized carbons (Fsp3) is 0. The number of benzene rings is 1. The highest BCUT2D eigenvalue weighted by Gasteiger charge is 2.16. The van der Waals surface area contributed by atoms with Crippen molar-refractivity contribution >= 4 is 21.1 Å². The van der Waals surface area contributed by atoms with E-state index >= 15 is 0 Å². The zero-order chi connectivity index (χ0) is 13.5. The number of hydrogen-bond donors (Lipinski definition) is 2. The van der Waals surface area contributed by atoms with Gasteiger partial charge >= 0.3 is 0 Å².